The third-order valence-electron chi connectivity index (χ3n) is 4.32. The molecule has 2 rings (SSSR count). The number of hydrogen-bond donors (Lipinski definition) is 1. The first kappa shape index (κ1) is 19.3. The number of hydrogen-bond acceptors (Lipinski definition) is 4. The second kappa shape index (κ2) is 9.44. The van der Waals surface area contributed by atoms with Crippen molar-refractivity contribution in [2.24, 2.45) is 0 Å². The van der Waals surface area contributed by atoms with Crippen molar-refractivity contribution in [2.45, 2.75) is 77.5 Å². The lowest BCUT2D eigenvalue weighted by Crippen LogP contribution is -2.41. The minimum absolute atomic E-state index is 0.0745. The highest BCUT2D eigenvalue weighted by atomic mass is 16.5. The Morgan fingerprint density at radius 1 is 1.00 bits per heavy atom. The molecular formula is C20H29NO4. The standard InChI is InChI=1S/C20H29NO4/c1-14(2)24-18-12-10-16(11-13-18)20(23)25-15(3)19(22)21-17-8-6-4-5-7-9-17/h10-15,17H,4-9H2,1-3H3,(H,21,22)/t15-/m1/s1. The van der Waals surface area contributed by atoms with Crippen molar-refractivity contribution >= 4 is 11.9 Å². The highest BCUT2D eigenvalue weighted by Crippen LogP contribution is 2.18. The number of ether oxygens (including phenoxy) is 2. The molecule has 1 aliphatic carbocycles. The molecule has 0 unspecified atom stereocenters. The van der Waals surface area contributed by atoms with Crippen LogP contribution in [0.4, 0.5) is 0 Å². The molecule has 0 spiro atoms. The Kier molecular flexibility index (Phi) is 7.29. The van der Waals surface area contributed by atoms with Crippen molar-refractivity contribution in [3.05, 3.63) is 29.8 Å². The predicted molar refractivity (Wildman–Crippen MR) is 96.7 cm³/mol. The van der Waals surface area contributed by atoms with Gasteiger partial charge in [0.25, 0.3) is 5.91 Å². The first-order chi connectivity index (χ1) is 12.0. The van der Waals surface area contributed by atoms with E-state index in [-0.39, 0.29) is 18.1 Å². The number of carbonyl (C=O) groups excluding carboxylic acids is 2. The second-order valence-electron chi connectivity index (χ2n) is 6.94. The molecule has 138 valence electrons. The molecule has 0 aromatic heterocycles. The van der Waals surface area contributed by atoms with Gasteiger partial charge in [0.05, 0.1) is 11.7 Å². The molecule has 0 saturated heterocycles. The van der Waals surface area contributed by atoms with Crippen LogP contribution >= 0.6 is 0 Å². The average molecular weight is 347 g/mol. The molecule has 1 fully saturated rings. The summed E-state index contributed by atoms with van der Waals surface area (Å²) >= 11 is 0. The summed E-state index contributed by atoms with van der Waals surface area (Å²) in [6.45, 7) is 5.49. The quantitative estimate of drug-likeness (QED) is 0.627. The minimum Gasteiger partial charge on any atom is -0.491 e. The molecule has 1 aromatic rings. The van der Waals surface area contributed by atoms with Gasteiger partial charge < -0.3 is 14.8 Å². The number of amides is 1. The molecular weight excluding hydrogens is 318 g/mol. The van der Waals surface area contributed by atoms with Crippen molar-refractivity contribution in [2.75, 3.05) is 0 Å². The zero-order chi connectivity index (χ0) is 18.2. The molecule has 0 heterocycles. The van der Waals surface area contributed by atoms with Crippen molar-refractivity contribution in [1.29, 1.82) is 0 Å². The Labute approximate surface area is 150 Å². The minimum atomic E-state index is -0.803. The van der Waals surface area contributed by atoms with Crippen LogP contribution in [-0.2, 0) is 9.53 Å². The molecule has 0 radical (unpaired) electrons. The largest absolute Gasteiger partial charge is 0.491 e. The maximum absolute atomic E-state index is 12.3. The second-order valence-corrected chi connectivity index (χ2v) is 6.94. The lowest BCUT2D eigenvalue weighted by atomic mass is 10.1. The molecule has 25 heavy (non-hydrogen) atoms. The normalized spacial score (nSPS) is 16.8. The fourth-order valence-electron chi connectivity index (χ4n) is 2.97. The summed E-state index contributed by atoms with van der Waals surface area (Å²) in [7, 11) is 0. The van der Waals surface area contributed by atoms with Gasteiger partial charge >= 0.3 is 5.97 Å². The van der Waals surface area contributed by atoms with Gasteiger partial charge in [-0.05, 0) is 57.9 Å². The van der Waals surface area contributed by atoms with Crippen molar-refractivity contribution in [3.8, 4) is 5.75 Å². The average Bonchev–Trinajstić information content (AvgIpc) is 2.83. The molecule has 1 N–H and O–H groups in total. The van der Waals surface area contributed by atoms with Gasteiger partial charge in [0.1, 0.15) is 5.75 Å². The summed E-state index contributed by atoms with van der Waals surface area (Å²) in [6, 6.07) is 6.95. The van der Waals surface area contributed by atoms with E-state index in [0.29, 0.717) is 11.3 Å². The third kappa shape index (κ3) is 6.40. The lowest BCUT2D eigenvalue weighted by molar-refractivity contribution is -0.129. The van der Waals surface area contributed by atoms with Gasteiger partial charge in [-0.1, -0.05) is 25.7 Å². The van der Waals surface area contributed by atoms with E-state index in [0.717, 1.165) is 25.7 Å². The van der Waals surface area contributed by atoms with Gasteiger partial charge in [-0.2, -0.15) is 0 Å². The summed E-state index contributed by atoms with van der Waals surface area (Å²) in [5, 5.41) is 3.01. The van der Waals surface area contributed by atoms with E-state index >= 15 is 0 Å². The predicted octanol–water partition coefficient (Wildman–Crippen LogP) is 3.86. The van der Waals surface area contributed by atoms with Crippen molar-refractivity contribution in [1.82, 2.24) is 5.32 Å². The van der Waals surface area contributed by atoms with Gasteiger partial charge in [-0.15, -0.1) is 0 Å². The molecule has 1 aliphatic rings. The van der Waals surface area contributed by atoms with Crippen LogP contribution in [0.3, 0.4) is 0 Å². The van der Waals surface area contributed by atoms with Gasteiger partial charge in [0.2, 0.25) is 0 Å². The smallest absolute Gasteiger partial charge is 0.338 e. The van der Waals surface area contributed by atoms with Gasteiger partial charge in [0.15, 0.2) is 6.10 Å². The molecule has 1 aromatic carbocycles. The molecule has 0 bridgehead atoms. The van der Waals surface area contributed by atoms with Crippen LogP contribution in [0, 0.1) is 0 Å². The lowest BCUT2D eigenvalue weighted by Gasteiger charge is -2.19. The molecule has 1 amide bonds. The monoisotopic (exact) mass is 347 g/mol. The van der Waals surface area contributed by atoms with Crippen LogP contribution in [0.15, 0.2) is 24.3 Å². The Morgan fingerprint density at radius 3 is 2.16 bits per heavy atom. The number of esters is 1. The van der Waals surface area contributed by atoms with Crippen LogP contribution < -0.4 is 10.1 Å². The fraction of sp³-hybridized carbons (Fsp3) is 0.600. The van der Waals surface area contributed by atoms with E-state index < -0.39 is 12.1 Å². The maximum Gasteiger partial charge on any atom is 0.338 e. The molecule has 1 saturated carbocycles. The van der Waals surface area contributed by atoms with Gasteiger partial charge in [-0.3, -0.25) is 4.79 Å². The highest BCUT2D eigenvalue weighted by Gasteiger charge is 2.22. The Hall–Kier alpha value is -2.04. The maximum atomic E-state index is 12.3. The summed E-state index contributed by atoms with van der Waals surface area (Å²) in [5.74, 6) is -0.0228. The van der Waals surface area contributed by atoms with Gasteiger partial charge in [0, 0.05) is 6.04 Å². The molecule has 1 atom stereocenters. The number of carbonyl (C=O) groups is 2. The number of rotatable bonds is 6. The summed E-state index contributed by atoms with van der Waals surface area (Å²) in [5.41, 5.74) is 0.408. The molecule has 5 heteroatoms. The van der Waals surface area contributed by atoms with E-state index in [9.17, 15) is 9.59 Å². The zero-order valence-corrected chi connectivity index (χ0v) is 15.4. The van der Waals surface area contributed by atoms with Crippen LogP contribution in [0.5, 0.6) is 5.75 Å². The van der Waals surface area contributed by atoms with Crippen molar-refractivity contribution < 1.29 is 19.1 Å². The van der Waals surface area contributed by atoms with E-state index in [1.54, 1.807) is 31.2 Å². The number of benzene rings is 1. The summed E-state index contributed by atoms with van der Waals surface area (Å²) in [6.07, 6.45) is 6.02. The Bertz CT molecular complexity index is 560. The first-order valence-electron chi connectivity index (χ1n) is 9.24. The van der Waals surface area contributed by atoms with Crippen LogP contribution in [-0.4, -0.2) is 30.1 Å². The summed E-state index contributed by atoms with van der Waals surface area (Å²) < 4.78 is 10.8. The van der Waals surface area contributed by atoms with E-state index in [4.69, 9.17) is 9.47 Å². The molecule has 5 nitrogen and oxygen atoms in total. The Morgan fingerprint density at radius 2 is 1.60 bits per heavy atom. The summed E-state index contributed by atoms with van der Waals surface area (Å²) in [4.78, 5) is 24.5. The van der Waals surface area contributed by atoms with Crippen LogP contribution in [0.25, 0.3) is 0 Å². The topological polar surface area (TPSA) is 64.6 Å². The zero-order valence-electron chi connectivity index (χ0n) is 15.4. The van der Waals surface area contributed by atoms with Gasteiger partial charge in [-0.25, -0.2) is 4.79 Å². The first-order valence-corrected chi connectivity index (χ1v) is 9.24. The third-order valence-corrected chi connectivity index (χ3v) is 4.32. The Balaban J connectivity index is 1.84. The van der Waals surface area contributed by atoms with E-state index in [1.165, 1.54) is 12.8 Å². The van der Waals surface area contributed by atoms with Crippen molar-refractivity contribution in [3.63, 3.8) is 0 Å². The van der Waals surface area contributed by atoms with E-state index in [2.05, 4.69) is 5.32 Å². The van der Waals surface area contributed by atoms with E-state index in [1.807, 2.05) is 13.8 Å². The number of nitrogens with one attached hydrogen (secondary N) is 1. The van der Waals surface area contributed by atoms with Crippen LogP contribution in [0.2, 0.25) is 0 Å². The molecule has 0 aliphatic heterocycles. The fourth-order valence-corrected chi connectivity index (χ4v) is 2.97. The van der Waals surface area contributed by atoms with Crippen LogP contribution in [0.1, 0.15) is 69.7 Å². The SMILES string of the molecule is CC(C)Oc1ccc(C(=O)O[C@H](C)C(=O)NC2CCCCCC2)cc1. The highest BCUT2D eigenvalue weighted by molar-refractivity contribution is 5.92.